The summed E-state index contributed by atoms with van der Waals surface area (Å²) in [7, 11) is 0. The van der Waals surface area contributed by atoms with Crippen LogP contribution in [0.5, 0.6) is 0 Å². The van der Waals surface area contributed by atoms with Crippen LogP contribution in [-0.2, 0) is 9.53 Å². The number of benzene rings is 1. The maximum atomic E-state index is 12.4. The number of esters is 1. The maximum Gasteiger partial charge on any atom is 0.330 e. The van der Waals surface area contributed by atoms with Crippen molar-refractivity contribution in [3.8, 4) is 0 Å². The number of ketones is 1. The van der Waals surface area contributed by atoms with E-state index in [9.17, 15) is 9.59 Å². The van der Waals surface area contributed by atoms with Crippen molar-refractivity contribution >= 4 is 11.8 Å². The van der Waals surface area contributed by atoms with Gasteiger partial charge in [0.15, 0.2) is 5.78 Å². The maximum absolute atomic E-state index is 12.4. The lowest BCUT2D eigenvalue weighted by atomic mass is 9.92. The number of carbonyl (C=O) groups is 2. The van der Waals surface area contributed by atoms with Gasteiger partial charge in [0.1, 0.15) is 6.61 Å². The third kappa shape index (κ3) is 5.52. The minimum atomic E-state index is -0.451. The molecule has 0 aliphatic heterocycles. The molecule has 0 unspecified atom stereocenters. The van der Waals surface area contributed by atoms with Crippen molar-refractivity contribution in [3.63, 3.8) is 0 Å². The molecule has 0 amide bonds. The second kappa shape index (κ2) is 8.13. The van der Waals surface area contributed by atoms with Gasteiger partial charge in [-0.3, -0.25) is 4.79 Å². The molecule has 0 saturated carbocycles. The number of carbonyl (C=O) groups excluding carboxylic acids is 2. The van der Waals surface area contributed by atoms with E-state index in [1.54, 1.807) is 24.3 Å². The van der Waals surface area contributed by atoms with Gasteiger partial charge >= 0.3 is 5.97 Å². The molecule has 1 rings (SSSR count). The fourth-order valence-corrected chi connectivity index (χ4v) is 1.74. The molecule has 22 heavy (non-hydrogen) atoms. The lowest BCUT2D eigenvalue weighted by Gasteiger charge is -2.19. The van der Waals surface area contributed by atoms with Crippen molar-refractivity contribution < 1.29 is 14.3 Å². The Balaban J connectivity index is 2.79. The van der Waals surface area contributed by atoms with Crippen LogP contribution >= 0.6 is 0 Å². The number of ether oxygens (including phenoxy) is 1. The Morgan fingerprint density at radius 1 is 1.23 bits per heavy atom. The molecule has 116 valence electrons. The van der Waals surface area contributed by atoms with E-state index >= 15 is 0 Å². The number of hydrogen-bond donors (Lipinski definition) is 0. The summed E-state index contributed by atoms with van der Waals surface area (Å²) in [4.78, 5) is 23.5. The van der Waals surface area contributed by atoms with Gasteiger partial charge in [0.05, 0.1) is 0 Å². The highest BCUT2D eigenvalue weighted by atomic mass is 16.5. The highest BCUT2D eigenvalue weighted by molar-refractivity contribution is 6.10. The first-order valence-corrected chi connectivity index (χ1v) is 7.14. The van der Waals surface area contributed by atoms with Crippen LogP contribution in [-0.4, -0.2) is 18.4 Å². The van der Waals surface area contributed by atoms with Crippen LogP contribution in [0.25, 0.3) is 0 Å². The van der Waals surface area contributed by atoms with Crippen molar-refractivity contribution in [1.29, 1.82) is 0 Å². The monoisotopic (exact) mass is 298 g/mol. The highest BCUT2D eigenvalue weighted by Crippen LogP contribution is 2.20. The summed E-state index contributed by atoms with van der Waals surface area (Å²) in [5.74, 6) is -0.480. The zero-order valence-corrected chi connectivity index (χ0v) is 13.3. The molecule has 1 aromatic rings. The van der Waals surface area contributed by atoms with Crippen molar-refractivity contribution in [2.45, 2.75) is 20.8 Å². The standard InChI is InChI=1S/C19H22O3/c1-5-15(18(21)16-10-8-7-9-11-16)12-13-19(3,4)14-22-17(20)6-2/h5-13H,2,14H2,1,3-4H3/b13-12-,15-5+. The Morgan fingerprint density at radius 2 is 1.86 bits per heavy atom. The third-order valence-corrected chi connectivity index (χ3v) is 3.08. The van der Waals surface area contributed by atoms with E-state index < -0.39 is 5.97 Å². The number of allylic oxidation sites excluding steroid dienone is 3. The van der Waals surface area contributed by atoms with Crippen molar-refractivity contribution in [3.05, 3.63) is 72.4 Å². The normalized spacial score (nSPS) is 12.2. The van der Waals surface area contributed by atoms with Crippen molar-refractivity contribution in [1.82, 2.24) is 0 Å². The molecule has 1 aromatic carbocycles. The molecule has 0 fully saturated rings. The summed E-state index contributed by atoms with van der Waals surface area (Å²) in [5, 5.41) is 0. The topological polar surface area (TPSA) is 43.4 Å². The van der Waals surface area contributed by atoms with Gasteiger partial charge < -0.3 is 4.74 Å². The van der Waals surface area contributed by atoms with Gasteiger partial charge in [-0.1, -0.05) is 69.0 Å². The van der Waals surface area contributed by atoms with Gasteiger partial charge in [-0.05, 0) is 6.92 Å². The summed E-state index contributed by atoms with van der Waals surface area (Å²) < 4.78 is 5.05. The SMILES string of the molecule is C=CC(=O)OCC(C)(C)/C=C\C(=C/C)C(=O)c1ccccc1. The Bertz CT molecular complexity index is 592. The molecule has 0 aliphatic carbocycles. The van der Waals surface area contributed by atoms with Gasteiger partial charge in [-0.2, -0.15) is 0 Å². The van der Waals surface area contributed by atoms with Crippen LogP contribution in [0.15, 0.2) is 66.8 Å². The Morgan fingerprint density at radius 3 is 2.41 bits per heavy atom. The molecule has 0 radical (unpaired) electrons. The lowest BCUT2D eigenvalue weighted by Crippen LogP contribution is -2.19. The molecule has 0 atom stereocenters. The molecule has 3 nitrogen and oxygen atoms in total. The second-order valence-electron chi connectivity index (χ2n) is 5.57. The summed E-state index contributed by atoms with van der Waals surface area (Å²) in [6.45, 7) is 9.27. The molecule has 0 saturated heterocycles. The molecule has 0 heterocycles. The first-order valence-electron chi connectivity index (χ1n) is 7.14. The van der Waals surface area contributed by atoms with Crippen LogP contribution in [0.3, 0.4) is 0 Å². The largest absolute Gasteiger partial charge is 0.462 e. The molecule has 0 aromatic heterocycles. The van der Waals surface area contributed by atoms with Gasteiger partial charge in [0.25, 0.3) is 0 Å². The van der Waals surface area contributed by atoms with Crippen LogP contribution in [0.4, 0.5) is 0 Å². The van der Waals surface area contributed by atoms with E-state index in [2.05, 4.69) is 6.58 Å². The molecule has 0 aliphatic rings. The Labute approximate surface area is 132 Å². The average molecular weight is 298 g/mol. The quantitative estimate of drug-likeness (QED) is 0.329. The smallest absolute Gasteiger partial charge is 0.330 e. The Kier molecular flexibility index (Phi) is 6.51. The van der Waals surface area contributed by atoms with Gasteiger partial charge in [-0.15, -0.1) is 0 Å². The number of rotatable bonds is 7. The summed E-state index contributed by atoms with van der Waals surface area (Å²) in [6.07, 6.45) is 6.56. The molecule has 0 N–H and O–H groups in total. The minimum Gasteiger partial charge on any atom is -0.462 e. The summed E-state index contributed by atoms with van der Waals surface area (Å²) in [5.41, 5.74) is 0.884. The highest BCUT2D eigenvalue weighted by Gasteiger charge is 2.17. The summed E-state index contributed by atoms with van der Waals surface area (Å²) >= 11 is 0. The zero-order chi connectivity index (χ0) is 16.6. The number of hydrogen-bond acceptors (Lipinski definition) is 3. The minimum absolute atomic E-state index is 0.0294. The Hall–Kier alpha value is -2.42. The van der Waals surface area contributed by atoms with Gasteiger partial charge in [-0.25, -0.2) is 4.79 Å². The number of Topliss-reactive ketones (excluding diaryl/α,β-unsaturated/α-hetero) is 1. The predicted octanol–water partition coefficient (Wildman–Crippen LogP) is 4.13. The fraction of sp³-hybridized carbons (Fsp3) is 0.263. The van der Waals surface area contributed by atoms with Crippen molar-refractivity contribution in [2.75, 3.05) is 6.61 Å². The fourth-order valence-electron chi connectivity index (χ4n) is 1.74. The van der Waals surface area contributed by atoms with E-state index in [0.29, 0.717) is 11.1 Å². The molecule has 0 spiro atoms. The van der Waals surface area contributed by atoms with E-state index in [1.807, 2.05) is 45.0 Å². The van der Waals surface area contributed by atoms with E-state index in [1.165, 1.54) is 0 Å². The van der Waals surface area contributed by atoms with E-state index in [-0.39, 0.29) is 17.8 Å². The first kappa shape index (κ1) is 17.6. The first-order chi connectivity index (χ1) is 10.4. The third-order valence-electron chi connectivity index (χ3n) is 3.08. The van der Waals surface area contributed by atoms with E-state index in [4.69, 9.17) is 4.74 Å². The molecular weight excluding hydrogens is 276 g/mol. The van der Waals surface area contributed by atoms with Crippen LogP contribution in [0.1, 0.15) is 31.1 Å². The van der Waals surface area contributed by atoms with Crippen LogP contribution in [0, 0.1) is 5.41 Å². The second-order valence-corrected chi connectivity index (χ2v) is 5.57. The average Bonchev–Trinajstić information content (AvgIpc) is 2.53. The van der Waals surface area contributed by atoms with E-state index in [0.717, 1.165) is 6.08 Å². The lowest BCUT2D eigenvalue weighted by molar-refractivity contribution is -0.139. The van der Waals surface area contributed by atoms with Crippen LogP contribution < -0.4 is 0 Å². The van der Waals surface area contributed by atoms with Gasteiger partial charge in [0.2, 0.25) is 0 Å². The van der Waals surface area contributed by atoms with Crippen molar-refractivity contribution in [2.24, 2.45) is 5.41 Å². The molecule has 0 bridgehead atoms. The molecule has 3 heteroatoms. The molecular formula is C19H22O3. The van der Waals surface area contributed by atoms with Crippen LogP contribution in [0.2, 0.25) is 0 Å². The zero-order valence-electron chi connectivity index (χ0n) is 13.3. The summed E-state index contributed by atoms with van der Waals surface area (Å²) in [6, 6.07) is 9.12. The predicted molar refractivity (Wildman–Crippen MR) is 88.6 cm³/mol. The van der Waals surface area contributed by atoms with Gasteiger partial charge in [0, 0.05) is 22.6 Å².